The van der Waals surface area contributed by atoms with Crippen molar-refractivity contribution in [1.29, 1.82) is 0 Å². The highest BCUT2D eigenvalue weighted by Gasteiger charge is 2.33. The molecular formula is C13H26N2O2S2. The van der Waals surface area contributed by atoms with Gasteiger partial charge in [-0.3, -0.25) is 4.90 Å². The van der Waals surface area contributed by atoms with Crippen molar-refractivity contribution in [1.82, 2.24) is 10.2 Å². The minimum atomic E-state index is -2.95. The molecule has 2 aliphatic heterocycles. The maximum Gasteiger partial charge on any atom is 0.166 e. The maximum absolute atomic E-state index is 12.2. The Balaban J connectivity index is 1.99. The van der Waals surface area contributed by atoms with Gasteiger partial charge in [0.15, 0.2) is 9.84 Å². The molecule has 0 bridgehead atoms. The second-order valence-corrected chi connectivity index (χ2v) is 9.07. The second kappa shape index (κ2) is 7.29. The fraction of sp³-hybridized carbons (Fsp3) is 1.00. The van der Waals surface area contributed by atoms with Crippen LogP contribution < -0.4 is 5.32 Å². The predicted molar refractivity (Wildman–Crippen MR) is 82.4 cm³/mol. The van der Waals surface area contributed by atoms with Crippen molar-refractivity contribution in [3.8, 4) is 0 Å². The summed E-state index contributed by atoms with van der Waals surface area (Å²) in [5.41, 5.74) is 0. The van der Waals surface area contributed by atoms with Crippen LogP contribution in [0, 0.1) is 0 Å². The molecule has 2 rings (SSSR count). The van der Waals surface area contributed by atoms with Crippen LogP contribution >= 0.6 is 11.8 Å². The normalized spacial score (nSPS) is 31.0. The first-order chi connectivity index (χ1) is 9.13. The van der Waals surface area contributed by atoms with E-state index in [0.717, 1.165) is 31.1 Å². The number of sulfone groups is 1. The Morgan fingerprint density at radius 3 is 2.95 bits per heavy atom. The van der Waals surface area contributed by atoms with Gasteiger partial charge in [-0.15, -0.1) is 0 Å². The molecular weight excluding hydrogens is 280 g/mol. The monoisotopic (exact) mass is 306 g/mol. The summed E-state index contributed by atoms with van der Waals surface area (Å²) < 4.78 is 24.4. The van der Waals surface area contributed by atoms with Gasteiger partial charge < -0.3 is 5.32 Å². The van der Waals surface area contributed by atoms with Crippen LogP contribution in [0.25, 0.3) is 0 Å². The average molecular weight is 306 g/mol. The molecule has 0 spiro atoms. The zero-order valence-electron chi connectivity index (χ0n) is 11.8. The molecule has 2 unspecified atom stereocenters. The van der Waals surface area contributed by atoms with Gasteiger partial charge >= 0.3 is 0 Å². The first-order valence-electron chi connectivity index (χ1n) is 7.40. The molecule has 19 heavy (non-hydrogen) atoms. The lowest BCUT2D eigenvalue weighted by atomic mass is 10.1. The summed E-state index contributed by atoms with van der Waals surface area (Å²) in [4.78, 5) is 2.21. The predicted octanol–water partition coefficient (Wildman–Crippen LogP) is 1.33. The Kier molecular flexibility index (Phi) is 5.99. The molecule has 112 valence electrons. The van der Waals surface area contributed by atoms with Crippen molar-refractivity contribution < 1.29 is 8.42 Å². The highest BCUT2D eigenvalue weighted by molar-refractivity contribution is 8.01. The Labute approximate surface area is 121 Å². The molecule has 0 radical (unpaired) electrons. The second-order valence-electron chi connectivity index (χ2n) is 5.48. The van der Waals surface area contributed by atoms with E-state index in [0.29, 0.717) is 6.04 Å². The van der Waals surface area contributed by atoms with Crippen LogP contribution in [0.2, 0.25) is 0 Å². The van der Waals surface area contributed by atoms with Crippen LogP contribution in [0.5, 0.6) is 0 Å². The molecule has 0 aromatic carbocycles. The summed E-state index contributed by atoms with van der Waals surface area (Å²) in [6, 6.07) is 0.472. The highest BCUT2D eigenvalue weighted by atomic mass is 32.2. The Hall–Kier alpha value is 0.220. The molecule has 2 saturated heterocycles. The van der Waals surface area contributed by atoms with Gasteiger partial charge in [0.05, 0.1) is 0 Å². The van der Waals surface area contributed by atoms with E-state index >= 15 is 0 Å². The van der Waals surface area contributed by atoms with Crippen molar-refractivity contribution in [2.75, 3.05) is 36.9 Å². The zero-order chi connectivity index (χ0) is 13.7. The van der Waals surface area contributed by atoms with Crippen molar-refractivity contribution in [2.45, 2.75) is 44.0 Å². The van der Waals surface area contributed by atoms with E-state index in [4.69, 9.17) is 0 Å². The molecule has 0 aromatic rings. The van der Waals surface area contributed by atoms with Crippen LogP contribution in [-0.2, 0) is 9.84 Å². The third kappa shape index (κ3) is 4.34. The number of hydrogen-bond donors (Lipinski definition) is 1. The van der Waals surface area contributed by atoms with Crippen LogP contribution in [0.3, 0.4) is 0 Å². The number of hydrogen-bond acceptors (Lipinski definition) is 5. The molecule has 0 aromatic heterocycles. The number of nitrogens with zero attached hydrogens (tertiary/aromatic N) is 1. The molecule has 2 fully saturated rings. The largest absolute Gasteiger partial charge is 0.313 e. The number of thioether (sulfide) groups is 1. The van der Waals surface area contributed by atoms with Crippen molar-refractivity contribution in [2.24, 2.45) is 0 Å². The lowest BCUT2D eigenvalue weighted by Gasteiger charge is -2.36. The summed E-state index contributed by atoms with van der Waals surface area (Å²) >= 11 is 1.77. The summed E-state index contributed by atoms with van der Waals surface area (Å²) in [6.45, 7) is 4.65. The van der Waals surface area contributed by atoms with Crippen LogP contribution in [0.4, 0.5) is 0 Å². The SMILES string of the molecule is CCS(=O)(=O)C1CSCCN1CC1CCCCCN1. The van der Waals surface area contributed by atoms with Gasteiger partial charge in [-0.25, -0.2) is 8.42 Å². The van der Waals surface area contributed by atoms with Gasteiger partial charge in [-0.2, -0.15) is 11.8 Å². The number of rotatable bonds is 4. The summed E-state index contributed by atoms with van der Waals surface area (Å²) in [5, 5.41) is 3.31. The third-order valence-electron chi connectivity index (χ3n) is 4.12. The molecule has 2 atom stereocenters. The minimum absolute atomic E-state index is 0.257. The Bertz CT molecular complexity index is 365. The fourth-order valence-electron chi connectivity index (χ4n) is 2.89. The van der Waals surface area contributed by atoms with Gasteiger partial charge in [0.2, 0.25) is 0 Å². The van der Waals surface area contributed by atoms with E-state index < -0.39 is 9.84 Å². The van der Waals surface area contributed by atoms with Gasteiger partial charge in [-0.1, -0.05) is 19.8 Å². The molecule has 4 nitrogen and oxygen atoms in total. The van der Waals surface area contributed by atoms with Crippen molar-refractivity contribution >= 4 is 21.6 Å². The van der Waals surface area contributed by atoms with Crippen LogP contribution in [-0.4, -0.2) is 61.6 Å². The lowest BCUT2D eigenvalue weighted by molar-refractivity contribution is 0.235. The van der Waals surface area contributed by atoms with E-state index in [1.54, 1.807) is 18.7 Å². The van der Waals surface area contributed by atoms with E-state index in [9.17, 15) is 8.42 Å². The molecule has 6 heteroatoms. The first kappa shape index (κ1) is 15.6. The Morgan fingerprint density at radius 1 is 1.32 bits per heavy atom. The molecule has 2 heterocycles. The lowest BCUT2D eigenvalue weighted by Crippen LogP contribution is -2.52. The topological polar surface area (TPSA) is 49.4 Å². The zero-order valence-corrected chi connectivity index (χ0v) is 13.4. The minimum Gasteiger partial charge on any atom is -0.313 e. The van der Waals surface area contributed by atoms with Gasteiger partial charge in [0.25, 0.3) is 0 Å². The van der Waals surface area contributed by atoms with Gasteiger partial charge in [-0.05, 0) is 19.4 Å². The van der Waals surface area contributed by atoms with Crippen molar-refractivity contribution in [3.05, 3.63) is 0 Å². The van der Waals surface area contributed by atoms with Crippen LogP contribution in [0.1, 0.15) is 32.6 Å². The van der Waals surface area contributed by atoms with Gasteiger partial charge in [0, 0.05) is 36.4 Å². The van der Waals surface area contributed by atoms with Crippen LogP contribution in [0.15, 0.2) is 0 Å². The van der Waals surface area contributed by atoms with Gasteiger partial charge in [0.1, 0.15) is 5.37 Å². The summed E-state index contributed by atoms with van der Waals surface area (Å²) in [6.07, 6.45) is 5.01. The number of nitrogens with one attached hydrogen (secondary N) is 1. The average Bonchev–Trinajstić information content (AvgIpc) is 2.68. The van der Waals surface area contributed by atoms with E-state index in [-0.39, 0.29) is 11.1 Å². The third-order valence-corrected chi connectivity index (χ3v) is 7.46. The molecule has 0 amide bonds. The van der Waals surface area contributed by atoms with E-state index in [1.165, 1.54) is 25.7 Å². The van der Waals surface area contributed by atoms with E-state index in [2.05, 4.69) is 10.2 Å². The molecule has 0 aliphatic carbocycles. The smallest absolute Gasteiger partial charge is 0.166 e. The summed E-state index contributed by atoms with van der Waals surface area (Å²) in [5.74, 6) is 2.05. The first-order valence-corrected chi connectivity index (χ1v) is 10.3. The van der Waals surface area contributed by atoms with E-state index in [1.807, 2.05) is 0 Å². The molecule has 0 saturated carbocycles. The fourth-order valence-corrected chi connectivity index (χ4v) is 5.98. The quantitative estimate of drug-likeness (QED) is 0.849. The highest BCUT2D eigenvalue weighted by Crippen LogP contribution is 2.22. The maximum atomic E-state index is 12.2. The standard InChI is InChI=1S/C13H26N2O2S2/c1-2-19(16,17)13-11-18-9-8-15(13)10-12-6-4-3-5-7-14-12/h12-14H,2-11H2,1H3. The summed E-state index contributed by atoms with van der Waals surface area (Å²) in [7, 11) is -2.95. The van der Waals surface area contributed by atoms with Crippen molar-refractivity contribution in [3.63, 3.8) is 0 Å². The Morgan fingerprint density at radius 2 is 2.16 bits per heavy atom. The molecule has 1 N–H and O–H groups in total. The molecule has 2 aliphatic rings.